The van der Waals surface area contributed by atoms with E-state index in [1.807, 2.05) is 6.08 Å². The van der Waals surface area contributed by atoms with Crippen LogP contribution in [0.15, 0.2) is 28.8 Å². The molecule has 3 aliphatic carbocycles. The zero-order valence-electron chi connectivity index (χ0n) is 13.4. The van der Waals surface area contributed by atoms with Crippen LogP contribution in [0.1, 0.15) is 18.4 Å². The lowest BCUT2D eigenvalue weighted by Crippen LogP contribution is -2.54. The van der Waals surface area contributed by atoms with E-state index in [1.54, 1.807) is 6.08 Å². The second kappa shape index (κ2) is 5.13. The molecule has 3 aliphatic rings. The van der Waals surface area contributed by atoms with Crippen molar-refractivity contribution >= 4 is 27.8 Å². The SMILES string of the molecule is COC(=O)[C@@H]1[C@H]2C=C[C@@H](C23CC3)[C@]1(C(N)=O)c1c(F)cc(Br)cc1F. The van der Waals surface area contributed by atoms with E-state index >= 15 is 0 Å². The lowest BCUT2D eigenvalue weighted by Gasteiger charge is -2.38. The largest absolute Gasteiger partial charge is 0.469 e. The summed E-state index contributed by atoms with van der Waals surface area (Å²) < 4.78 is 34.8. The Labute approximate surface area is 151 Å². The van der Waals surface area contributed by atoms with Crippen LogP contribution in [-0.2, 0) is 19.7 Å². The molecule has 0 saturated heterocycles. The minimum atomic E-state index is -1.78. The Morgan fingerprint density at radius 1 is 1.24 bits per heavy atom. The number of esters is 1. The van der Waals surface area contributed by atoms with Crippen molar-refractivity contribution in [3.8, 4) is 0 Å². The first-order valence-corrected chi connectivity index (χ1v) is 8.81. The van der Waals surface area contributed by atoms with Crippen LogP contribution in [-0.4, -0.2) is 19.0 Å². The summed E-state index contributed by atoms with van der Waals surface area (Å²) in [5, 5.41) is 0. The van der Waals surface area contributed by atoms with Gasteiger partial charge >= 0.3 is 5.97 Å². The Hall–Kier alpha value is -1.76. The standard InChI is InChI=1S/C18H16BrF2NO3/c1-25-15(23)13-9-2-3-12(17(9)4-5-17)18(13,16(22)24)14-10(20)6-8(19)7-11(14)21/h2-3,6-7,9,12-13H,4-5H2,1H3,(H2,22,24)/t9-,12+,13+,18-/m1/s1. The maximum Gasteiger partial charge on any atom is 0.310 e. The summed E-state index contributed by atoms with van der Waals surface area (Å²) in [5.41, 5.74) is 3.19. The van der Waals surface area contributed by atoms with Gasteiger partial charge in [-0.15, -0.1) is 0 Å². The topological polar surface area (TPSA) is 69.4 Å². The maximum absolute atomic E-state index is 14.9. The Bertz CT molecular complexity index is 813. The summed E-state index contributed by atoms with van der Waals surface area (Å²) in [5.74, 6) is -5.20. The van der Waals surface area contributed by atoms with Crippen molar-refractivity contribution in [2.24, 2.45) is 28.9 Å². The summed E-state index contributed by atoms with van der Waals surface area (Å²) in [6.07, 6.45) is 5.24. The monoisotopic (exact) mass is 411 g/mol. The van der Waals surface area contributed by atoms with E-state index in [9.17, 15) is 18.4 Å². The van der Waals surface area contributed by atoms with Gasteiger partial charge in [0, 0.05) is 16.0 Å². The molecular formula is C18H16BrF2NO3. The molecule has 25 heavy (non-hydrogen) atoms. The normalized spacial score (nSPS) is 33.7. The number of halogens is 3. The van der Waals surface area contributed by atoms with E-state index in [2.05, 4.69) is 15.9 Å². The summed E-state index contributed by atoms with van der Waals surface area (Å²) in [4.78, 5) is 25.3. The molecule has 0 heterocycles. The van der Waals surface area contributed by atoms with Crippen molar-refractivity contribution < 1.29 is 23.1 Å². The van der Waals surface area contributed by atoms with Crippen LogP contribution >= 0.6 is 15.9 Å². The number of hydrogen-bond donors (Lipinski definition) is 1. The molecule has 4 rings (SSSR count). The minimum Gasteiger partial charge on any atom is -0.469 e. The van der Waals surface area contributed by atoms with Crippen molar-refractivity contribution in [3.63, 3.8) is 0 Å². The average Bonchev–Trinajstić information content (AvgIpc) is 3.20. The lowest BCUT2D eigenvalue weighted by molar-refractivity contribution is -0.152. The third kappa shape index (κ3) is 1.85. The fourth-order valence-electron chi connectivity index (χ4n) is 5.27. The van der Waals surface area contributed by atoms with Crippen LogP contribution in [0.2, 0.25) is 0 Å². The number of methoxy groups -OCH3 is 1. The fourth-order valence-corrected chi connectivity index (χ4v) is 5.67. The number of carbonyl (C=O) groups excluding carboxylic acids is 2. The van der Waals surface area contributed by atoms with Crippen LogP contribution < -0.4 is 5.73 Å². The van der Waals surface area contributed by atoms with Crippen LogP contribution in [0, 0.1) is 34.8 Å². The predicted octanol–water partition coefficient (Wildman–Crippen LogP) is 2.84. The van der Waals surface area contributed by atoms with Crippen LogP contribution in [0.4, 0.5) is 8.78 Å². The molecule has 2 N–H and O–H groups in total. The second-order valence-electron chi connectivity index (χ2n) is 7.10. The quantitative estimate of drug-likeness (QED) is 0.613. The number of rotatable bonds is 3. The first-order valence-electron chi connectivity index (χ1n) is 8.01. The van der Waals surface area contributed by atoms with Crippen LogP contribution in [0.5, 0.6) is 0 Å². The van der Waals surface area contributed by atoms with Crippen LogP contribution in [0.25, 0.3) is 0 Å². The van der Waals surface area contributed by atoms with Gasteiger partial charge in [0.15, 0.2) is 0 Å². The van der Waals surface area contributed by atoms with Gasteiger partial charge in [0.1, 0.15) is 17.0 Å². The molecule has 2 saturated carbocycles. The van der Waals surface area contributed by atoms with Gasteiger partial charge in [0.05, 0.1) is 13.0 Å². The molecule has 1 spiro atoms. The summed E-state index contributed by atoms with van der Waals surface area (Å²) in [6.45, 7) is 0. The van der Waals surface area contributed by atoms with E-state index in [1.165, 1.54) is 7.11 Å². The number of ether oxygens (including phenoxy) is 1. The molecule has 7 heteroatoms. The Kier molecular flexibility index (Phi) is 3.42. The van der Waals surface area contributed by atoms with E-state index in [-0.39, 0.29) is 15.8 Å². The zero-order valence-corrected chi connectivity index (χ0v) is 15.0. The predicted molar refractivity (Wildman–Crippen MR) is 88.2 cm³/mol. The molecule has 1 aromatic rings. The summed E-state index contributed by atoms with van der Waals surface area (Å²) in [6, 6.07) is 2.18. The number of nitrogens with two attached hydrogens (primary N) is 1. The van der Waals surface area contributed by atoms with Gasteiger partial charge in [-0.2, -0.15) is 0 Å². The molecular weight excluding hydrogens is 396 g/mol. The van der Waals surface area contributed by atoms with Gasteiger partial charge in [0.2, 0.25) is 5.91 Å². The van der Waals surface area contributed by atoms with E-state index in [0.29, 0.717) is 0 Å². The molecule has 0 unspecified atom stereocenters. The van der Waals surface area contributed by atoms with E-state index < -0.39 is 46.3 Å². The fraction of sp³-hybridized carbons (Fsp3) is 0.444. The Morgan fingerprint density at radius 2 is 1.84 bits per heavy atom. The first kappa shape index (κ1) is 16.7. The highest BCUT2D eigenvalue weighted by Gasteiger charge is 2.78. The van der Waals surface area contributed by atoms with E-state index in [4.69, 9.17) is 10.5 Å². The van der Waals surface area contributed by atoms with Gasteiger partial charge in [-0.1, -0.05) is 28.1 Å². The molecule has 0 radical (unpaired) electrons. The third-order valence-electron chi connectivity index (χ3n) is 6.25. The molecule has 2 fully saturated rings. The molecule has 1 aromatic carbocycles. The van der Waals surface area contributed by atoms with Crippen molar-refractivity contribution in [1.29, 1.82) is 0 Å². The first-order chi connectivity index (χ1) is 11.8. The Balaban J connectivity index is 2.05. The minimum absolute atomic E-state index is 0.209. The third-order valence-corrected chi connectivity index (χ3v) is 6.70. The highest BCUT2D eigenvalue weighted by Crippen LogP contribution is 2.76. The Morgan fingerprint density at radius 3 is 2.32 bits per heavy atom. The number of allylic oxidation sites excluding steroid dienone is 2. The van der Waals surface area contributed by atoms with Crippen molar-refractivity contribution in [1.82, 2.24) is 0 Å². The highest BCUT2D eigenvalue weighted by atomic mass is 79.9. The van der Waals surface area contributed by atoms with Crippen molar-refractivity contribution in [3.05, 3.63) is 46.0 Å². The zero-order chi connectivity index (χ0) is 18.1. The number of primary amides is 1. The van der Waals surface area contributed by atoms with Gasteiger partial charge in [0.25, 0.3) is 0 Å². The molecule has 1 amide bonds. The number of carbonyl (C=O) groups is 2. The molecule has 132 valence electrons. The maximum atomic E-state index is 14.9. The average molecular weight is 412 g/mol. The van der Waals surface area contributed by atoms with Gasteiger partial charge in [-0.3, -0.25) is 9.59 Å². The molecule has 0 aromatic heterocycles. The van der Waals surface area contributed by atoms with E-state index in [0.717, 1.165) is 25.0 Å². The molecule has 2 bridgehead atoms. The molecule has 4 nitrogen and oxygen atoms in total. The van der Waals surface area contributed by atoms with Gasteiger partial charge in [-0.25, -0.2) is 8.78 Å². The number of hydrogen-bond acceptors (Lipinski definition) is 3. The molecule has 0 aliphatic heterocycles. The lowest BCUT2D eigenvalue weighted by atomic mass is 9.63. The smallest absolute Gasteiger partial charge is 0.310 e. The number of benzene rings is 1. The summed E-state index contributed by atoms with van der Waals surface area (Å²) in [7, 11) is 1.21. The van der Waals surface area contributed by atoms with Crippen LogP contribution in [0.3, 0.4) is 0 Å². The molecule has 4 atom stereocenters. The summed E-state index contributed by atoms with van der Waals surface area (Å²) >= 11 is 3.04. The van der Waals surface area contributed by atoms with Crippen molar-refractivity contribution in [2.45, 2.75) is 18.3 Å². The number of amides is 1. The van der Waals surface area contributed by atoms with Crippen molar-refractivity contribution in [2.75, 3.05) is 7.11 Å². The second-order valence-corrected chi connectivity index (χ2v) is 8.02. The van der Waals surface area contributed by atoms with Gasteiger partial charge in [-0.05, 0) is 36.3 Å². The highest BCUT2D eigenvalue weighted by molar-refractivity contribution is 9.10. The van der Waals surface area contributed by atoms with Gasteiger partial charge < -0.3 is 10.5 Å².